The predicted octanol–water partition coefficient (Wildman–Crippen LogP) is 3.25. The molecule has 1 aromatic rings. The fourth-order valence-corrected chi connectivity index (χ4v) is 2.78. The van der Waals surface area contributed by atoms with Crippen molar-refractivity contribution in [1.29, 1.82) is 5.53 Å². The summed E-state index contributed by atoms with van der Waals surface area (Å²) in [5, 5.41) is 9.19. The summed E-state index contributed by atoms with van der Waals surface area (Å²) in [6.45, 7) is 0.0147. The second-order valence-corrected chi connectivity index (χ2v) is 12.5. The molecule has 0 aliphatic heterocycles. The highest BCUT2D eigenvalue weighted by Gasteiger charge is 2.27. The van der Waals surface area contributed by atoms with Crippen LogP contribution in [0.15, 0.2) is 33.7 Å². The van der Waals surface area contributed by atoms with E-state index in [9.17, 15) is 18.3 Å². The lowest BCUT2D eigenvalue weighted by molar-refractivity contribution is 0.202. The maximum atomic E-state index is 11.5. The van der Waals surface area contributed by atoms with E-state index in [4.69, 9.17) is 5.53 Å². The van der Waals surface area contributed by atoms with E-state index in [1.165, 1.54) is 24.3 Å². The monoisotopic (exact) mass is 505 g/mol. The van der Waals surface area contributed by atoms with Crippen LogP contribution in [0, 0.1) is 5.53 Å². The van der Waals surface area contributed by atoms with Gasteiger partial charge in [0.25, 0.3) is 4.52 Å². The van der Waals surface area contributed by atoms with Gasteiger partial charge in [-0.05, 0) is 24.3 Å². The van der Waals surface area contributed by atoms with Crippen LogP contribution in [0.1, 0.15) is 0 Å². The normalized spacial score (nSPS) is 11.6. The number of benzene rings is 1. The maximum absolute atomic E-state index is 11.5. The van der Waals surface area contributed by atoms with Gasteiger partial charge in [0.2, 0.25) is 4.91 Å². The van der Waals surface area contributed by atoms with E-state index in [1.807, 2.05) is 0 Å². The second kappa shape index (κ2) is 6.97. The van der Waals surface area contributed by atoms with Crippen molar-refractivity contribution in [2.75, 3.05) is 11.4 Å². The Morgan fingerprint density at radius 1 is 1.33 bits per heavy atom. The molecule has 0 aromatic heterocycles. The van der Waals surface area contributed by atoms with Crippen LogP contribution in [-0.2, 0) is 10.0 Å². The lowest BCUT2D eigenvalue weighted by atomic mass is 10.3. The Kier molecular flexibility index (Phi) is 6.05. The molecule has 1 amide bonds. The van der Waals surface area contributed by atoms with E-state index in [2.05, 4.69) is 57.2 Å². The molecule has 0 radical (unpaired) electrons. The summed E-state index contributed by atoms with van der Waals surface area (Å²) in [6, 6.07) is 5.01. The average molecular weight is 508 g/mol. The molecule has 0 spiro atoms. The minimum absolute atomic E-state index is 0.0147. The fourth-order valence-electron chi connectivity index (χ4n) is 1.35. The number of alkyl halides is 3. The Hall–Kier alpha value is -0.810. The summed E-state index contributed by atoms with van der Waals surface area (Å²) in [7, 11) is -4.03. The first kappa shape index (κ1) is 18.2. The van der Waals surface area contributed by atoms with Crippen LogP contribution < -0.4 is 9.81 Å². The number of nitrogens with one attached hydrogen (secondary N) is 1. The van der Waals surface area contributed by atoms with Gasteiger partial charge in [0, 0.05) is 5.69 Å². The Morgan fingerprint density at radius 3 is 2.24 bits per heavy atom. The average Bonchev–Trinajstić information content (AvgIpc) is 2.35. The molecule has 1 rings (SSSR count). The number of rotatable bonds is 4. The summed E-state index contributed by atoms with van der Waals surface area (Å²) >= 11 is 9.59. The van der Waals surface area contributed by atoms with E-state index in [-0.39, 0.29) is 17.1 Å². The number of sulfonamides is 1. The quantitative estimate of drug-likeness (QED) is 0.368. The van der Waals surface area contributed by atoms with E-state index in [0.29, 0.717) is 0 Å². The number of carbonyl (C=O) groups is 1. The van der Waals surface area contributed by atoms with E-state index in [0.717, 1.165) is 4.90 Å². The first-order valence-electron chi connectivity index (χ1n) is 5.08. The van der Waals surface area contributed by atoms with Crippen molar-refractivity contribution in [2.24, 2.45) is 4.52 Å². The number of nitrogens with zero attached hydrogens (tertiary/aromatic N) is 3. The van der Waals surface area contributed by atoms with Crippen LogP contribution in [0.4, 0.5) is 10.5 Å². The summed E-state index contributed by atoms with van der Waals surface area (Å²) in [6.07, 6.45) is -1.21. The molecule has 1 aromatic carbocycles. The van der Waals surface area contributed by atoms with Gasteiger partial charge in [-0.25, -0.2) is 4.79 Å². The maximum Gasteiger partial charge on any atom is 0.411 e. The van der Waals surface area contributed by atoms with Crippen molar-refractivity contribution < 1.29 is 18.3 Å². The van der Waals surface area contributed by atoms with Gasteiger partial charge in [-0.2, -0.15) is 8.42 Å². The first-order chi connectivity index (χ1) is 9.57. The van der Waals surface area contributed by atoms with Gasteiger partial charge >= 0.3 is 16.1 Å². The Bertz CT molecular complexity index is 680. The summed E-state index contributed by atoms with van der Waals surface area (Å²) in [5.74, 6) is 0. The van der Waals surface area contributed by atoms with Crippen LogP contribution >= 0.6 is 47.8 Å². The van der Waals surface area contributed by atoms with Crippen molar-refractivity contribution >= 4 is 69.6 Å². The van der Waals surface area contributed by atoms with E-state index in [1.54, 1.807) is 0 Å². The molecule has 0 bridgehead atoms. The molecule has 0 unspecified atom stereocenters. The molecule has 114 valence electrons. The van der Waals surface area contributed by atoms with Gasteiger partial charge in [0.1, 0.15) is 5.53 Å². The third-order valence-electron chi connectivity index (χ3n) is 2.16. The lowest BCUT2D eigenvalue weighted by Gasteiger charge is -2.24. The molecular weight excluding hydrogens is 500 g/mol. The third kappa shape index (κ3) is 5.47. The highest BCUT2D eigenvalue weighted by molar-refractivity contribution is 9.39. The highest BCUT2D eigenvalue weighted by Crippen LogP contribution is 2.35. The third-order valence-corrected chi connectivity index (χ3v) is 4.08. The predicted molar refractivity (Wildman–Crippen MR) is 85.8 cm³/mol. The van der Waals surface area contributed by atoms with Crippen molar-refractivity contribution in [3.8, 4) is 0 Å². The molecule has 0 atom stereocenters. The second-order valence-electron chi connectivity index (χ2n) is 3.63. The minimum atomic E-state index is -4.03. The molecule has 0 aliphatic carbocycles. The van der Waals surface area contributed by atoms with Gasteiger partial charge in [-0.3, -0.25) is 4.90 Å². The zero-order valence-electron chi connectivity index (χ0n) is 10.1. The van der Waals surface area contributed by atoms with Crippen LogP contribution in [-0.4, -0.2) is 28.3 Å². The topological polar surface area (TPSA) is 125 Å². The molecule has 0 saturated heterocycles. The Labute approximate surface area is 145 Å². The van der Waals surface area contributed by atoms with Crippen LogP contribution in [0.2, 0.25) is 0 Å². The molecule has 0 heterocycles. The van der Waals surface area contributed by atoms with Gasteiger partial charge in [-0.1, -0.05) is 47.8 Å². The summed E-state index contributed by atoms with van der Waals surface area (Å²) in [4.78, 5) is 14.5. The standard InChI is InChI=1S/C9H7Br3N4O4S/c10-9(11,12)5-16(8(17)18)6-1-3-7(4-2-6)21(19,20)15-14-13/h1-4,13H,5H2/p+1. The Balaban J connectivity index is 3.15. The van der Waals surface area contributed by atoms with Crippen molar-refractivity contribution in [3.05, 3.63) is 24.3 Å². The SMILES string of the molecule is N=[N+]=NS(=O)(=O)c1ccc(N(CC(Br)(Br)Br)C(=O)O)cc1. The fraction of sp³-hybridized carbons (Fsp3) is 0.222. The molecule has 21 heavy (non-hydrogen) atoms. The summed E-state index contributed by atoms with van der Waals surface area (Å²) in [5.41, 5.74) is 6.72. The summed E-state index contributed by atoms with van der Waals surface area (Å²) < 4.78 is 25.1. The highest BCUT2D eigenvalue weighted by atomic mass is 80.0. The van der Waals surface area contributed by atoms with E-state index >= 15 is 0 Å². The largest absolute Gasteiger partial charge is 0.465 e. The molecule has 0 fully saturated rings. The van der Waals surface area contributed by atoms with E-state index < -0.39 is 18.3 Å². The van der Waals surface area contributed by atoms with Crippen molar-refractivity contribution in [2.45, 2.75) is 7.04 Å². The van der Waals surface area contributed by atoms with Crippen molar-refractivity contribution in [1.82, 2.24) is 4.91 Å². The van der Waals surface area contributed by atoms with Gasteiger partial charge in [0.05, 0.1) is 11.4 Å². The van der Waals surface area contributed by atoms with Crippen LogP contribution in [0.25, 0.3) is 0 Å². The molecule has 12 heteroatoms. The van der Waals surface area contributed by atoms with Crippen molar-refractivity contribution in [3.63, 3.8) is 0 Å². The molecule has 0 saturated carbocycles. The van der Waals surface area contributed by atoms with Crippen LogP contribution in [0.3, 0.4) is 0 Å². The lowest BCUT2D eigenvalue weighted by Crippen LogP contribution is -2.36. The number of halogens is 3. The zero-order chi connectivity index (χ0) is 16.3. The van der Waals surface area contributed by atoms with Gasteiger partial charge < -0.3 is 5.11 Å². The van der Waals surface area contributed by atoms with Gasteiger partial charge in [0.15, 0.2) is 2.14 Å². The molecule has 0 aliphatic rings. The Morgan fingerprint density at radius 2 is 1.86 bits per heavy atom. The molecular formula is C9H8Br3N4O4S+. The van der Waals surface area contributed by atoms with Crippen LogP contribution in [0.5, 0.6) is 0 Å². The number of amides is 1. The first-order valence-corrected chi connectivity index (χ1v) is 8.90. The molecule has 8 nitrogen and oxygen atoms in total. The zero-order valence-corrected chi connectivity index (χ0v) is 15.6. The number of anilines is 1. The minimum Gasteiger partial charge on any atom is -0.465 e. The molecule has 2 N–H and O–H groups in total. The number of carboxylic acid groups (broad SMARTS) is 1. The smallest absolute Gasteiger partial charge is 0.411 e. The number of hydrogen-bond acceptors (Lipinski definition) is 4. The van der Waals surface area contributed by atoms with Gasteiger partial charge in [-0.15, -0.1) is 0 Å². The number of hydrogen-bond donors (Lipinski definition) is 2.